The molecule has 2 aromatic rings. The number of benzene rings is 2. The van der Waals surface area contributed by atoms with Gasteiger partial charge >= 0.3 is 18.3 Å². The van der Waals surface area contributed by atoms with Gasteiger partial charge in [-0.05, 0) is 66.6 Å². The average Bonchev–Trinajstić information content (AvgIpc) is 2.84. The van der Waals surface area contributed by atoms with Crippen LogP contribution in [0.5, 0.6) is 0 Å². The highest BCUT2D eigenvalue weighted by Gasteiger charge is 2.37. The molecule has 3 nitrogen and oxygen atoms in total. The van der Waals surface area contributed by atoms with Gasteiger partial charge in [0.15, 0.2) is 0 Å². The highest BCUT2D eigenvalue weighted by molar-refractivity contribution is 5.69. The first kappa shape index (κ1) is 28.3. The van der Waals surface area contributed by atoms with E-state index in [0.29, 0.717) is 36.1 Å². The summed E-state index contributed by atoms with van der Waals surface area (Å²) in [7, 11) is 1.29. The minimum Gasteiger partial charge on any atom is -0.469 e. The number of allylic oxidation sites excluding steroid dienone is 1. The summed E-state index contributed by atoms with van der Waals surface area (Å²) >= 11 is 0. The Bertz CT molecular complexity index is 1160. The third kappa shape index (κ3) is 7.39. The van der Waals surface area contributed by atoms with E-state index in [1.807, 2.05) is 4.90 Å². The number of esters is 1. The third-order valence-electron chi connectivity index (χ3n) is 6.37. The second-order valence-corrected chi connectivity index (χ2v) is 9.12. The van der Waals surface area contributed by atoms with E-state index < -0.39 is 35.6 Å². The van der Waals surface area contributed by atoms with Crippen LogP contribution in [0.15, 0.2) is 60.7 Å². The third-order valence-corrected chi connectivity index (χ3v) is 6.37. The van der Waals surface area contributed by atoms with Gasteiger partial charge in [0, 0.05) is 19.0 Å². The van der Waals surface area contributed by atoms with E-state index >= 15 is 0 Å². The van der Waals surface area contributed by atoms with Gasteiger partial charge in [0.25, 0.3) is 0 Å². The SMILES string of the molecule is C=C(C)C#CC(c1ccc(C(F)(F)F)cc1)N1CC[C@H](CC(=O)OC)C[C@H]1c1ccc(C(F)(F)F)cc1. The molecule has 1 aliphatic rings. The molecule has 0 spiro atoms. The van der Waals surface area contributed by atoms with E-state index in [0.717, 1.165) is 24.3 Å². The fourth-order valence-corrected chi connectivity index (χ4v) is 4.50. The van der Waals surface area contributed by atoms with Crippen LogP contribution in [0.4, 0.5) is 26.3 Å². The van der Waals surface area contributed by atoms with Crippen molar-refractivity contribution in [2.75, 3.05) is 13.7 Å². The van der Waals surface area contributed by atoms with E-state index in [1.165, 1.54) is 31.4 Å². The number of methoxy groups -OCH3 is 1. The summed E-state index contributed by atoms with van der Waals surface area (Å²) in [4.78, 5) is 13.9. The molecule has 2 aromatic carbocycles. The van der Waals surface area contributed by atoms with Crippen LogP contribution in [0, 0.1) is 17.8 Å². The molecule has 3 rings (SSSR count). The Hall–Kier alpha value is -3.25. The molecule has 0 aliphatic carbocycles. The molecule has 0 radical (unpaired) electrons. The van der Waals surface area contributed by atoms with Crippen molar-refractivity contribution < 1.29 is 35.9 Å². The summed E-state index contributed by atoms with van der Waals surface area (Å²) in [6, 6.07) is 8.44. The van der Waals surface area contributed by atoms with Crippen LogP contribution in [-0.4, -0.2) is 24.5 Å². The molecule has 1 aliphatic heterocycles. The number of rotatable bonds is 5. The van der Waals surface area contributed by atoms with E-state index in [2.05, 4.69) is 18.4 Å². The quantitative estimate of drug-likeness (QED) is 0.233. The van der Waals surface area contributed by atoms with E-state index in [-0.39, 0.29) is 18.3 Å². The molecule has 3 atom stereocenters. The molecule has 0 saturated carbocycles. The van der Waals surface area contributed by atoms with Crippen molar-refractivity contribution in [1.29, 1.82) is 0 Å². The van der Waals surface area contributed by atoms with Crippen molar-refractivity contribution in [3.8, 4) is 11.8 Å². The van der Waals surface area contributed by atoms with Crippen LogP contribution in [0.25, 0.3) is 0 Å². The van der Waals surface area contributed by atoms with Crippen LogP contribution >= 0.6 is 0 Å². The maximum Gasteiger partial charge on any atom is 0.416 e. The number of nitrogens with zero attached hydrogens (tertiary/aromatic N) is 1. The molecule has 1 fully saturated rings. The monoisotopic (exact) mass is 523 g/mol. The summed E-state index contributed by atoms with van der Waals surface area (Å²) in [6.07, 6.45) is -7.81. The molecule has 0 bridgehead atoms. The van der Waals surface area contributed by atoms with Crippen LogP contribution in [0.3, 0.4) is 0 Å². The molecule has 1 heterocycles. The largest absolute Gasteiger partial charge is 0.469 e. The fourth-order valence-electron chi connectivity index (χ4n) is 4.50. The predicted octanol–water partition coefficient (Wildman–Crippen LogP) is 7.36. The number of halogens is 6. The smallest absolute Gasteiger partial charge is 0.416 e. The van der Waals surface area contributed by atoms with Gasteiger partial charge in [0.2, 0.25) is 0 Å². The molecular formula is C28H27F6NO2. The van der Waals surface area contributed by atoms with Gasteiger partial charge in [0.1, 0.15) is 0 Å². The summed E-state index contributed by atoms with van der Waals surface area (Å²) in [6.45, 7) is 5.90. The second kappa shape index (κ2) is 11.4. The summed E-state index contributed by atoms with van der Waals surface area (Å²) < 4.78 is 83.7. The zero-order valence-electron chi connectivity index (χ0n) is 20.4. The number of piperidine rings is 1. The van der Waals surface area contributed by atoms with Crippen LogP contribution in [0.1, 0.15) is 60.5 Å². The first-order valence-corrected chi connectivity index (χ1v) is 11.6. The van der Waals surface area contributed by atoms with Crippen LogP contribution in [-0.2, 0) is 21.9 Å². The lowest BCUT2D eigenvalue weighted by molar-refractivity contribution is -0.142. The second-order valence-electron chi connectivity index (χ2n) is 9.12. The topological polar surface area (TPSA) is 29.5 Å². The van der Waals surface area contributed by atoms with Crippen molar-refractivity contribution in [2.24, 2.45) is 5.92 Å². The van der Waals surface area contributed by atoms with Gasteiger partial charge in [-0.15, -0.1) is 0 Å². The van der Waals surface area contributed by atoms with Gasteiger partial charge in [-0.3, -0.25) is 9.69 Å². The Morgan fingerprint density at radius 1 is 1.03 bits per heavy atom. The van der Waals surface area contributed by atoms with Crippen molar-refractivity contribution in [3.63, 3.8) is 0 Å². The Kier molecular flexibility index (Phi) is 8.75. The van der Waals surface area contributed by atoms with Gasteiger partial charge in [-0.2, -0.15) is 26.3 Å². The van der Waals surface area contributed by atoms with E-state index in [1.54, 1.807) is 6.92 Å². The normalized spacial score (nSPS) is 19.5. The van der Waals surface area contributed by atoms with Crippen molar-refractivity contribution >= 4 is 5.97 Å². The number of carbonyl (C=O) groups is 1. The number of ether oxygens (including phenoxy) is 1. The highest BCUT2D eigenvalue weighted by atomic mass is 19.4. The number of carbonyl (C=O) groups excluding carboxylic acids is 1. The molecular weight excluding hydrogens is 496 g/mol. The summed E-state index contributed by atoms with van der Waals surface area (Å²) in [5.74, 6) is 5.53. The van der Waals surface area contributed by atoms with Crippen molar-refractivity contribution in [1.82, 2.24) is 4.90 Å². The Balaban J connectivity index is 2.04. The van der Waals surface area contributed by atoms with Gasteiger partial charge < -0.3 is 4.74 Å². The lowest BCUT2D eigenvalue weighted by Crippen LogP contribution is -2.39. The lowest BCUT2D eigenvalue weighted by Gasteiger charge is -2.42. The van der Waals surface area contributed by atoms with E-state index in [4.69, 9.17) is 4.74 Å². The highest BCUT2D eigenvalue weighted by Crippen LogP contribution is 2.42. The number of hydrogen-bond acceptors (Lipinski definition) is 3. The molecule has 1 unspecified atom stereocenters. The van der Waals surface area contributed by atoms with Gasteiger partial charge in [-0.1, -0.05) is 42.7 Å². The standard InChI is InChI=1S/C28H27F6NO2/c1-18(2)4-13-24(20-5-9-22(10-6-20)27(29,30)31)35-15-14-19(17-26(36)37-3)16-25(35)21-7-11-23(12-8-21)28(32,33)34/h5-12,19,24-25H,1,14-17H2,2-3H3/t19-,24?,25-/m0/s1. The maximum atomic E-state index is 13.2. The zero-order valence-corrected chi connectivity index (χ0v) is 20.4. The molecule has 198 valence electrons. The lowest BCUT2D eigenvalue weighted by atomic mass is 9.83. The van der Waals surface area contributed by atoms with Crippen molar-refractivity contribution in [3.05, 3.63) is 82.9 Å². The van der Waals surface area contributed by atoms with Crippen molar-refractivity contribution in [2.45, 2.75) is 50.6 Å². The minimum atomic E-state index is -4.49. The molecule has 37 heavy (non-hydrogen) atoms. The van der Waals surface area contributed by atoms with Gasteiger partial charge in [-0.25, -0.2) is 0 Å². The zero-order chi connectivity index (χ0) is 27.4. The van der Waals surface area contributed by atoms with Crippen LogP contribution in [0.2, 0.25) is 0 Å². The Morgan fingerprint density at radius 3 is 2.05 bits per heavy atom. The summed E-state index contributed by atoms with van der Waals surface area (Å²) in [5, 5.41) is 0. The minimum absolute atomic E-state index is 0.0849. The molecule has 9 heteroatoms. The number of likely N-dealkylation sites (tertiary alicyclic amines) is 1. The first-order valence-electron chi connectivity index (χ1n) is 11.6. The van der Waals surface area contributed by atoms with Crippen LogP contribution < -0.4 is 0 Å². The fraction of sp³-hybridized carbons (Fsp3) is 0.393. The summed E-state index contributed by atoms with van der Waals surface area (Å²) in [5.41, 5.74) is 0.0928. The number of alkyl halides is 6. The first-order chi connectivity index (χ1) is 17.3. The molecule has 0 amide bonds. The predicted molar refractivity (Wildman–Crippen MR) is 127 cm³/mol. The molecule has 0 aromatic heterocycles. The molecule has 0 N–H and O–H groups in total. The Labute approximate surface area is 212 Å². The van der Waals surface area contributed by atoms with E-state index in [9.17, 15) is 31.1 Å². The van der Waals surface area contributed by atoms with Gasteiger partial charge in [0.05, 0.1) is 24.3 Å². The Morgan fingerprint density at radius 2 is 1.57 bits per heavy atom. The number of hydrogen-bond donors (Lipinski definition) is 0. The maximum absolute atomic E-state index is 13.2. The average molecular weight is 524 g/mol. The molecule has 1 saturated heterocycles.